The predicted molar refractivity (Wildman–Crippen MR) is 132 cm³/mol. The molecular weight excluding hydrogens is 410 g/mol. The van der Waals surface area contributed by atoms with E-state index < -0.39 is 5.97 Å². The smallest absolute Gasteiger partial charge is 0.335 e. The summed E-state index contributed by atoms with van der Waals surface area (Å²) in [6.07, 6.45) is 9.02. The van der Waals surface area contributed by atoms with E-state index in [0.717, 1.165) is 29.5 Å². The van der Waals surface area contributed by atoms with Gasteiger partial charge in [0.15, 0.2) is 5.78 Å². The van der Waals surface area contributed by atoms with Gasteiger partial charge in [0.2, 0.25) is 0 Å². The van der Waals surface area contributed by atoms with Gasteiger partial charge in [0, 0.05) is 18.0 Å². The largest absolute Gasteiger partial charge is 0.478 e. The van der Waals surface area contributed by atoms with Gasteiger partial charge in [0.25, 0.3) is 0 Å². The first-order valence-corrected chi connectivity index (χ1v) is 11.2. The first kappa shape index (κ1) is 22.7. The van der Waals surface area contributed by atoms with E-state index in [4.69, 9.17) is 5.11 Å². The Morgan fingerprint density at radius 2 is 1.52 bits per heavy atom. The maximum atomic E-state index is 13.2. The highest BCUT2D eigenvalue weighted by atomic mass is 16.4. The molecule has 0 bridgehead atoms. The lowest BCUT2D eigenvalue weighted by atomic mass is 9.61. The first-order valence-electron chi connectivity index (χ1n) is 11.2. The van der Waals surface area contributed by atoms with E-state index in [0.29, 0.717) is 5.56 Å². The zero-order chi connectivity index (χ0) is 23.8. The number of fused-ring (bicyclic) bond motifs is 1. The maximum Gasteiger partial charge on any atom is 0.335 e. The molecular formula is C29H29NO3. The number of allylic oxidation sites excluding steroid dienone is 1. The molecule has 0 saturated heterocycles. The summed E-state index contributed by atoms with van der Waals surface area (Å²) >= 11 is 0. The zero-order valence-corrected chi connectivity index (χ0v) is 19.6. The number of carboxylic acids is 1. The lowest BCUT2D eigenvalue weighted by Crippen LogP contribution is -2.34. The molecule has 1 heterocycles. The topological polar surface area (TPSA) is 67.3 Å². The number of carboxylic acid groups (broad SMARTS) is 1. The van der Waals surface area contributed by atoms with Crippen LogP contribution in [-0.2, 0) is 10.8 Å². The Balaban J connectivity index is 1.79. The standard InChI is InChI=1S/C29H29NO3/c1-28(2)13-14-29(3,4)26-23(20-11-15-30-16-12-20)17-22(18-24(26)28)25(31)10-7-19-5-8-21(9-6-19)27(32)33/h5-12,15-18H,13-14H2,1-4H3,(H,32,33)/b10-7-. The fourth-order valence-corrected chi connectivity index (χ4v) is 4.70. The third kappa shape index (κ3) is 4.51. The Labute approximate surface area is 195 Å². The number of benzene rings is 2. The van der Waals surface area contributed by atoms with Crippen molar-refractivity contribution in [3.8, 4) is 11.1 Å². The van der Waals surface area contributed by atoms with Crippen molar-refractivity contribution in [2.75, 3.05) is 0 Å². The van der Waals surface area contributed by atoms with Gasteiger partial charge in [-0.2, -0.15) is 0 Å². The summed E-state index contributed by atoms with van der Waals surface area (Å²) in [4.78, 5) is 28.5. The molecule has 4 heteroatoms. The molecule has 168 valence electrons. The van der Waals surface area contributed by atoms with Gasteiger partial charge in [-0.15, -0.1) is 0 Å². The van der Waals surface area contributed by atoms with Crippen LogP contribution in [0, 0.1) is 0 Å². The van der Waals surface area contributed by atoms with Gasteiger partial charge in [0.05, 0.1) is 5.56 Å². The van der Waals surface area contributed by atoms with Gasteiger partial charge in [-0.3, -0.25) is 9.78 Å². The quantitative estimate of drug-likeness (QED) is 0.355. The Morgan fingerprint density at radius 3 is 2.15 bits per heavy atom. The Kier molecular flexibility index (Phi) is 5.79. The molecule has 0 radical (unpaired) electrons. The summed E-state index contributed by atoms with van der Waals surface area (Å²) in [5, 5.41) is 9.06. The Bertz CT molecular complexity index is 1240. The van der Waals surface area contributed by atoms with Gasteiger partial charge in [-0.25, -0.2) is 4.79 Å². The molecule has 3 aromatic rings. The molecule has 0 fully saturated rings. The van der Waals surface area contributed by atoms with E-state index in [1.807, 2.05) is 18.2 Å². The van der Waals surface area contributed by atoms with Crippen molar-refractivity contribution in [1.29, 1.82) is 0 Å². The average Bonchev–Trinajstić information content (AvgIpc) is 2.80. The van der Waals surface area contributed by atoms with E-state index in [1.165, 1.54) is 23.3 Å². The number of carbonyl (C=O) groups excluding carboxylic acids is 1. The van der Waals surface area contributed by atoms with Crippen molar-refractivity contribution >= 4 is 17.8 Å². The van der Waals surface area contributed by atoms with Crippen molar-refractivity contribution in [3.63, 3.8) is 0 Å². The van der Waals surface area contributed by atoms with E-state index in [9.17, 15) is 9.59 Å². The van der Waals surface area contributed by atoms with Gasteiger partial charge >= 0.3 is 5.97 Å². The van der Waals surface area contributed by atoms with Crippen molar-refractivity contribution in [1.82, 2.24) is 4.98 Å². The van der Waals surface area contributed by atoms with Crippen molar-refractivity contribution in [2.45, 2.75) is 51.4 Å². The predicted octanol–water partition coefficient (Wildman–Crippen LogP) is 6.69. The molecule has 0 amide bonds. The molecule has 0 saturated carbocycles. The minimum absolute atomic E-state index is 0.00671. The van der Waals surface area contributed by atoms with Crippen LogP contribution in [0.4, 0.5) is 0 Å². The second kappa shape index (κ2) is 8.43. The summed E-state index contributed by atoms with van der Waals surface area (Å²) in [6.45, 7) is 9.08. The van der Waals surface area contributed by atoms with Crippen LogP contribution in [0.25, 0.3) is 17.2 Å². The van der Waals surface area contributed by atoms with Crippen LogP contribution in [0.3, 0.4) is 0 Å². The number of nitrogens with zero attached hydrogens (tertiary/aromatic N) is 1. The summed E-state index contributed by atoms with van der Waals surface area (Å²) < 4.78 is 0. The molecule has 0 spiro atoms. The SMILES string of the molecule is CC1(C)CCC(C)(C)c2c(-c3ccncc3)cc(C(=O)/C=C\c3ccc(C(=O)O)cc3)cc21. The number of hydrogen-bond donors (Lipinski definition) is 1. The van der Waals surface area contributed by atoms with Crippen LogP contribution in [-0.4, -0.2) is 21.8 Å². The highest BCUT2D eigenvalue weighted by Crippen LogP contribution is 2.49. The van der Waals surface area contributed by atoms with E-state index in [1.54, 1.807) is 36.7 Å². The van der Waals surface area contributed by atoms with Crippen molar-refractivity contribution in [3.05, 3.63) is 94.8 Å². The van der Waals surface area contributed by atoms with Crippen LogP contribution in [0.5, 0.6) is 0 Å². The summed E-state index contributed by atoms with van der Waals surface area (Å²) in [7, 11) is 0. The average molecular weight is 440 g/mol. The van der Waals surface area contributed by atoms with Crippen LogP contribution < -0.4 is 0 Å². The summed E-state index contributed by atoms with van der Waals surface area (Å²) in [5.74, 6) is -1.04. The summed E-state index contributed by atoms with van der Waals surface area (Å²) in [6, 6.07) is 14.6. The van der Waals surface area contributed by atoms with E-state index in [2.05, 4.69) is 38.7 Å². The molecule has 0 atom stereocenters. The Morgan fingerprint density at radius 1 is 0.879 bits per heavy atom. The number of pyridine rings is 1. The van der Waals surface area contributed by atoms with E-state index >= 15 is 0 Å². The lowest BCUT2D eigenvalue weighted by Gasteiger charge is -2.43. The number of rotatable bonds is 5. The number of aromatic carboxylic acids is 1. The highest BCUT2D eigenvalue weighted by molar-refractivity contribution is 6.08. The van der Waals surface area contributed by atoms with Crippen LogP contribution in [0.15, 0.2) is 67.0 Å². The second-order valence-corrected chi connectivity index (χ2v) is 10.1. The molecule has 1 aliphatic carbocycles. The lowest BCUT2D eigenvalue weighted by molar-refractivity contribution is 0.0696. The Hall–Kier alpha value is -3.53. The molecule has 1 N–H and O–H groups in total. The van der Waals surface area contributed by atoms with Crippen molar-refractivity contribution < 1.29 is 14.7 Å². The number of hydrogen-bond acceptors (Lipinski definition) is 3. The molecule has 0 unspecified atom stereocenters. The fraction of sp³-hybridized carbons (Fsp3) is 0.276. The number of ketones is 1. The molecule has 4 nitrogen and oxygen atoms in total. The van der Waals surface area contributed by atoms with Crippen molar-refractivity contribution in [2.24, 2.45) is 0 Å². The minimum Gasteiger partial charge on any atom is -0.478 e. The third-order valence-electron chi connectivity index (χ3n) is 6.78. The van der Waals surface area contributed by atoms with Crippen LogP contribution in [0.1, 0.15) is 77.9 Å². The monoisotopic (exact) mass is 439 g/mol. The second-order valence-electron chi connectivity index (χ2n) is 10.1. The van der Waals surface area contributed by atoms with Gasteiger partial charge in [-0.05, 0) is 94.0 Å². The number of aromatic nitrogens is 1. The minimum atomic E-state index is -0.968. The fourth-order valence-electron chi connectivity index (χ4n) is 4.70. The molecule has 2 aromatic carbocycles. The molecule has 1 aromatic heterocycles. The molecule has 0 aliphatic heterocycles. The first-order chi connectivity index (χ1) is 15.6. The molecule has 33 heavy (non-hydrogen) atoms. The normalized spacial score (nSPS) is 16.4. The van der Waals surface area contributed by atoms with Gasteiger partial charge in [-0.1, -0.05) is 45.9 Å². The van der Waals surface area contributed by atoms with Gasteiger partial charge in [0.1, 0.15) is 0 Å². The maximum absolute atomic E-state index is 13.2. The van der Waals surface area contributed by atoms with Gasteiger partial charge < -0.3 is 5.11 Å². The van der Waals surface area contributed by atoms with E-state index in [-0.39, 0.29) is 22.2 Å². The third-order valence-corrected chi connectivity index (χ3v) is 6.78. The molecule has 1 aliphatic rings. The number of carbonyl (C=O) groups is 2. The summed E-state index contributed by atoms with van der Waals surface area (Å²) in [5.41, 5.74) is 6.34. The van der Waals surface area contributed by atoms with Crippen LogP contribution >= 0.6 is 0 Å². The zero-order valence-electron chi connectivity index (χ0n) is 19.6. The highest BCUT2D eigenvalue weighted by Gasteiger charge is 2.39. The molecule has 4 rings (SSSR count). The van der Waals surface area contributed by atoms with Crippen LogP contribution in [0.2, 0.25) is 0 Å².